The van der Waals surface area contributed by atoms with Gasteiger partial charge in [0.1, 0.15) is 0 Å². The molecule has 2 aromatic heterocycles. The summed E-state index contributed by atoms with van der Waals surface area (Å²) in [5.74, 6) is 0. The standard InChI is InChI=1S/C15H21N5O2/c1-17-9-11(8-16-17)13-5-4-6-20(13)10-12-7-14(21)19(3)15(22)18(12)2/h7-9,13H,4-6,10H2,1-3H3/t13-/m0/s1. The van der Waals surface area contributed by atoms with Crippen LogP contribution in [0.2, 0.25) is 0 Å². The summed E-state index contributed by atoms with van der Waals surface area (Å²) in [6, 6.07) is 1.85. The third-order valence-corrected chi connectivity index (χ3v) is 4.46. The summed E-state index contributed by atoms with van der Waals surface area (Å²) in [6.07, 6.45) is 6.11. The van der Waals surface area contributed by atoms with Crippen LogP contribution in [0.3, 0.4) is 0 Å². The zero-order valence-electron chi connectivity index (χ0n) is 13.2. The SMILES string of the molecule is Cn1cc([C@@H]2CCCN2Cc2cc(=O)n(C)c(=O)n2C)cn1. The summed E-state index contributed by atoms with van der Waals surface area (Å²) in [7, 11) is 5.13. The maximum atomic E-state index is 12.0. The molecule has 1 fully saturated rings. The highest BCUT2D eigenvalue weighted by molar-refractivity contribution is 5.13. The van der Waals surface area contributed by atoms with Crippen LogP contribution >= 0.6 is 0 Å². The number of hydrogen-bond acceptors (Lipinski definition) is 4. The minimum atomic E-state index is -0.278. The summed E-state index contributed by atoms with van der Waals surface area (Å²) < 4.78 is 4.49. The second-order valence-electron chi connectivity index (χ2n) is 5.95. The van der Waals surface area contributed by atoms with Crippen molar-refractivity contribution < 1.29 is 0 Å². The normalized spacial score (nSPS) is 19.0. The zero-order chi connectivity index (χ0) is 15.9. The average molecular weight is 303 g/mol. The molecule has 1 atom stereocenters. The van der Waals surface area contributed by atoms with Crippen LogP contribution in [0.1, 0.15) is 30.1 Å². The van der Waals surface area contributed by atoms with Gasteiger partial charge < -0.3 is 0 Å². The first-order valence-electron chi connectivity index (χ1n) is 7.46. The van der Waals surface area contributed by atoms with Gasteiger partial charge in [0.2, 0.25) is 0 Å². The molecule has 1 aliphatic heterocycles. The lowest BCUT2D eigenvalue weighted by Crippen LogP contribution is -2.39. The van der Waals surface area contributed by atoms with Crippen LogP contribution in [-0.2, 0) is 27.7 Å². The molecule has 0 saturated carbocycles. The molecule has 3 heterocycles. The molecule has 1 aliphatic rings. The minimum absolute atomic E-state index is 0.254. The molecule has 0 radical (unpaired) electrons. The summed E-state index contributed by atoms with van der Waals surface area (Å²) in [6.45, 7) is 1.56. The van der Waals surface area contributed by atoms with Crippen molar-refractivity contribution in [3.8, 4) is 0 Å². The van der Waals surface area contributed by atoms with Crippen LogP contribution < -0.4 is 11.2 Å². The van der Waals surface area contributed by atoms with Crippen LogP contribution in [0.4, 0.5) is 0 Å². The number of rotatable bonds is 3. The Morgan fingerprint density at radius 2 is 2.00 bits per heavy atom. The predicted octanol–water partition coefficient (Wildman–Crippen LogP) is 0.155. The molecule has 0 spiro atoms. The number of likely N-dealkylation sites (tertiary alicyclic amines) is 1. The van der Waals surface area contributed by atoms with Gasteiger partial charge in [-0.25, -0.2) is 4.79 Å². The minimum Gasteiger partial charge on any atom is -0.299 e. The first-order valence-corrected chi connectivity index (χ1v) is 7.46. The van der Waals surface area contributed by atoms with Crippen molar-refractivity contribution in [1.29, 1.82) is 0 Å². The fourth-order valence-electron chi connectivity index (χ4n) is 3.14. The van der Waals surface area contributed by atoms with Crippen LogP contribution in [0.25, 0.3) is 0 Å². The van der Waals surface area contributed by atoms with E-state index in [-0.39, 0.29) is 11.2 Å². The summed E-state index contributed by atoms with van der Waals surface area (Å²) in [5.41, 5.74) is 1.41. The van der Waals surface area contributed by atoms with Crippen molar-refractivity contribution in [3.05, 3.63) is 50.6 Å². The molecule has 0 aromatic carbocycles. The summed E-state index contributed by atoms with van der Waals surface area (Å²) in [4.78, 5) is 26.2. The van der Waals surface area contributed by atoms with Gasteiger partial charge >= 0.3 is 5.69 Å². The average Bonchev–Trinajstić information content (AvgIpc) is 3.11. The molecule has 118 valence electrons. The highest BCUT2D eigenvalue weighted by Crippen LogP contribution is 2.32. The van der Waals surface area contributed by atoms with Crippen molar-refractivity contribution in [2.75, 3.05) is 6.54 Å². The second-order valence-corrected chi connectivity index (χ2v) is 5.95. The molecular weight excluding hydrogens is 282 g/mol. The Morgan fingerprint density at radius 3 is 2.68 bits per heavy atom. The zero-order valence-corrected chi connectivity index (χ0v) is 13.2. The molecule has 3 rings (SSSR count). The topological polar surface area (TPSA) is 65.1 Å². The molecule has 7 nitrogen and oxygen atoms in total. The maximum absolute atomic E-state index is 12.0. The van der Waals surface area contributed by atoms with E-state index < -0.39 is 0 Å². The highest BCUT2D eigenvalue weighted by atomic mass is 16.2. The van der Waals surface area contributed by atoms with E-state index in [9.17, 15) is 9.59 Å². The van der Waals surface area contributed by atoms with E-state index in [0.717, 1.165) is 29.6 Å². The van der Waals surface area contributed by atoms with E-state index in [0.29, 0.717) is 12.6 Å². The van der Waals surface area contributed by atoms with Crippen molar-refractivity contribution in [1.82, 2.24) is 23.8 Å². The fourth-order valence-corrected chi connectivity index (χ4v) is 3.14. The van der Waals surface area contributed by atoms with Crippen LogP contribution in [0, 0.1) is 0 Å². The molecule has 2 aromatic rings. The van der Waals surface area contributed by atoms with Crippen LogP contribution in [0.15, 0.2) is 28.0 Å². The van der Waals surface area contributed by atoms with E-state index >= 15 is 0 Å². The number of nitrogens with zero attached hydrogens (tertiary/aromatic N) is 5. The molecule has 22 heavy (non-hydrogen) atoms. The Balaban J connectivity index is 1.90. The van der Waals surface area contributed by atoms with Gasteiger partial charge in [0.05, 0.1) is 6.20 Å². The lowest BCUT2D eigenvalue weighted by molar-refractivity contribution is 0.241. The molecule has 0 N–H and O–H groups in total. The Hall–Kier alpha value is -2.15. The Morgan fingerprint density at radius 1 is 1.23 bits per heavy atom. The van der Waals surface area contributed by atoms with Crippen molar-refractivity contribution in [2.24, 2.45) is 21.1 Å². The van der Waals surface area contributed by atoms with Crippen molar-refractivity contribution in [3.63, 3.8) is 0 Å². The molecule has 1 saturated heterocycles. The lowest BCUT2D eigenvalue weighted by Gasteiger charge is -2.24. The largest absolute Gasteiger partial charge is 0.330 e. The van der Waals surface area contributed by atoms with E-state index in [1.54, 1.807) is 22.4 Å². The van der Waals surface area contributed by atoms with Gasteiger partial charge in [0.25, 0.3) is 5.56 Å². The van der Waals surface area contributed by atoms with Gasteiger partial charge in [-0.1, -0.05) is 0 Å². The van der Waals surface area contributed by atoms with Gasteiger partial charge in [-0.05, 0) is 19.4 Å². The number of aromatic nitrogens is 4. The lowest BCUT2D eigenvalue weighted by atomic mass is 10.1. The van der Waals surface area contributed by atoms with E-state index in [1.807, 2.05) is 19.4 Å². The second kappa shape index (κ2) is 5.57. The molecule has 7 heteroatoms. The Labute approximate surface area is 128 Å². The van der Waals surface area contributed by atoms with Crippen molar-refractivity contribution in [2.45, 2.75) is 25.4 Å². The number of hydrogen-bond donors (Lipinski definition) is 0. The smallest absolute Gasteiger partial charge is 0.299 e. The maximum Gasteiger partial charge on any atom is 0.330 e. The third kappa shape index (κ3) is 2.52. The summed E-state index contributed by atoms with van der Waals surface area (Å²) >= 11 is 0. The van der Waals surface area contributed by atoms with Crippen molar-refractivity contribution >= 4 is 0 Å². The van der Waals surface area contributed by atoms with Gasteiger partial charge in [0, 0.05) is 57.3 Å². The van der Waals surface area contributed by atoms with Gasteiger partial charge in [-0.2, -0.15) is 5.10 Å². The monoisotopic (exact) mass is 303 g/mol. The van der Waals surface area contributed by atoms with Gasteiger partial charge in [-0.15, -0.1) is 0 Å². The molecule has 0 aliphatic carbocycles. The molecular formula is C15H21N5O2. The van der Waals surface area contributed by atoms with E-state index in [2.05, 4.69) is 10.00 Å². The summed E-state index contributed by atoms with van der Waals surface area (Å²) in [5, 5.41) is 4.24. The van der Waals surface area contributed by atoms with E-state index in [4.69, 9.17) is 0 Å². The first-order chi connectivity index (χ1) is 10.5. The molecule has 0 amide bonds. The Bertz CT molecular complexity index is 801. The molecule has 0 bridgehead atoms. The van der Waals surface area contributed by atoms with Crippen LogP contribution in [0.5, 0.6) is 0 Å². The predicted molar refractivity (Wildman–Crippen MR) is 82.5 cm³/mol. The quantitative estimate of drug-likeness (QED) is 0.810. The van der Waals surface area contributed by atoms with E-state index in [1.165, 1.54) is 12.6 Å². The third-order valence-electron chi connectivity index (χ3n) is 4.46. The van der Waals surface area contributed by atoms with Gasteiger partial charge in [-0.3, -0.25) is 23.5 Å². The van der Waals surface area contributed by atoms with Gasteiger partial charge in [0.15, 0.2) is 0 Å². The Kier molecular flexibility index (Phi) is 3.74. The first kappa shape index (κ1) is 14.8. The fraction of sp³-hybridized carbons (Fsp3) is 0.533. The van der Waals surface area contributed by atoms with Crippen LogP contribution in [-0.4, -0.2) is 30.4 Å². The molecule has 0 unspecified atom stereocenters. The highest BCUT2D eigenvalue weighted by Gasteiger charge is 2.27. The number of aryl methyl sites for hydroxylation is 1.